The summed E-state index contributed by atoms with van der Waals surface area (Å²) in [4.78, 5) is 23.8. The number of carbonyl (C=O) groups excluding carboxylic acids is 1. The van der Waals surface area contributed by atoms with Crippen molar-refractivity contribution in [2.24, 2.45) is 0 Å². The summed E-state index contributed by atoms with van der Waals surface area (Å²) in [7, 11) is 0. The molecule has 1 aromatic carbocycles. The van der Waals surface area contributed by atoms with Gasteiger partial charge in [0.15, 0.2) is 0 Å². The molecular formula is C12H11Br4NO4. The summed E-state index contributed by atoms with van der Waals surface area (Å²) in [5.74, 6) is -1.81. The molecule has 0 aromatic heterocycles. The Kier molecular flexibility index (Phi) is 7.32. The third-order valence-electron chi connectivity index (χ3n) is 2.76. The molecule has 1 atom stereocenters. The largest absolute Gasteiger partial charge is 0.478 e. The molecule has 0 spiro atoms. The van der Waals surface area contributed by atoms with Crippen LogP contribution in [-0.2, 0) is 0 Å². The Hall–Kier alpha value is 0.0400. The van der Waals surface area contributed by atoms with Gasteiger partial charge >= 0.3 is 5.97 Å². The maximum Gasteiger partial charge on any atom is 0.337 e. The second-order valence-corrected chi connectivity index (χ2v) is 7.24. The lowest BCUT2D eigenvalue weighted by Crippen LogP contribution is -2.38. The highest BCUT2D eigenvalue weighted by Gasteiger charge is 2.28. The Morgan fingerprint density at radius 2 is 1.52 bits per heavy atom. The first kappa shape index (κ1) is 19.1. The van der Waals surface area contributed by atoms with E-state index in [9.17, 15) is 14.7 Å². The Morgan fingerprint density at radius 3 is 1.90 bits per heavy atom. The van der Waals surface area contributed by atoms with Gasteiger partial charge in [0.25, 0.3) is 5.91 Å². The number of carbonyl (C=O) groups is 2. The number of hydrogen-bond acceptors (Lipinski definition) is 3. The third kappa shape index (κ3) is 4.07. The van der Waals surface area contributed by atoms with Crippen LogP contribution >= 0.6 is 63.7 Å². The Labute approximate surface area is 155 Å². The molecule has 0 aliphatic carbocycles. The van der Waals surface area contributed by atoms with Crippen molar-refractivity contribution in [1.29, 1.82) is 0 Å². The van der Waals surface area contributed by atoms with E-state index >= 15 is 0 Å². The number of aliphatic hydroxyl groups is 1. The quantitative estimate of drug-likeness (QED) is 0.382. The van der Waals surface area contributed by atoms with Crippen LogP contribution in [0.1, 0.15) is 34.1 Å². The van der Waals surface area contributed by atoms with Gasteiger partial charge in [0, 0.05) is 17.9 Å². The first-order valence-corrected chi connectivity index (χ1v) is 8.94. The van der Waals surface area contributed by atoms with E-state index in [0.717, 1.165) is 0 Å². The van der Waals surface area contributed by atoms with Crippen molar-refractivity contribution in [3.63, 3.8) is 0 Å². The van der Waals surface area contributed by atoms with Crippen molar-refractivity contribution < 1.29 is 19.8 Å². The molecule has 0 aliphatic heterocycles. The van der Waals surface area contributed by atoms with Crippen molar-refractivity contribution >= 4 is 75.6 Å². The molecule has 9 heteroatoms. The number of nitrogens with one attached hydrogen (secondary N) is 1. The first-order chi connectivity index (χ1) is 9.76. The standard InChI is InChI=1S/C12H11Br4NO4/c1-2-4(3-18)17-11(19)5-6(12(20)21)8(14)10(16)9(15)7(5)13/h4,18H,2-3H2,1H3,(H,17,19)(H,20,21). The van der Waals surface area contributed by atoms with Crippen LogP contribution in [0.25, 0.3) is 0 Å². The molecule has 0 heterocycles. The normalized spacial score (nSPS) is 12.1. The van der Waals surface area contributed by atoms with Gasteiger partial charge in [-0.2, -0.15) is 0 Å². The lowest BCUT2D eigenvalue weighted by Gasteiger charge is -2.18. The fourth-order valence-electron chi connectivity index (χ4n) is 1.58. The van der Waals surface area contributed by atoms with E-state index < -0.39 is 17.9 Å². The van der Waals surface area contributed by atoms with Gasteiger partial charge in [0.1, 0.15) is 0 Å². The molecule has 1 amide bonds. The van der Waals surface area contributed by atoms with Crippen LogP contribution in [0.15, 0.2) is 17.9 Å². The second-order valence-electron chi connectivity index (χ2n) is 4.07. The number of rotatable bonds is 5. The molecule has 1 aromatic rings. The lowest BCUT2D eigenvalue weighted by molar-refractivity contribution is 0.0688. The van der Waals surface area contributed by atoms with E-state index in [4.69, 9.17) is 5.11 Å². The molecule has 0 radical (unpaired) electrons. The molecule has 1 rings (SSSR count). The van der Waals surface area contributed by atoms with Gasteiger partial charge in [-0.3, -0.25) is 4.79 Å². The molecule has 0 saturated heterocycles. The van der Waals surface area contributed by atoms with Gasteiger partial charge in [-0.15, -0.1) is 0 Å². The molecule has 0 aliphatic rings. The van der Waals surface area contributed by atoms with Crippen LogP contribution in [-0.4, -0.2) is 34.7 Å². The highest BCUT2D eigenvalue weighted by atomic mass is 79.9. The molecule has 0 bridgehead atoms. The molecular weight excluding hydrogens is 542 g/mol. The maximum atomic E-state index is 12.4. The summed E-state index contributed by atoms with van der Waals surface area (Å²) >= 11 is 13.0. The molecule has 21 heavy (non-hydrogen) atoms. The van der Waals surface area contributed by atoms with E-state index in [2.05, 4.69) is 69.0 Å². The Morgan fingerprint density at radius 1 is 1.05 bits per heavy atom. The number of benzene rings is 1. The van der Waals surface area contributed by atoms with E-state index in [1.165, 1.54) is 0 Å². The second kappa shape index (κ2) is 8.05. The fourth-order valence-corrected chi connectivity index (χ4v) is 4.05. The molecule has 116 valence electrons. The minimum Gasteiger partial charge on any atom is -0.478 e. The summed E-state index contributed by atoms with van der Waals surface area (Å²) < 4.78 is 1.58. The van der Waals surface area contributed by atoms with E-state index in [1.54, 1.807) is 0 Å². The zero-order valence-electron chi connectivity index (χ0n) is 10.7. The van der Waals surface area contributed by atoms with Crippen molar-refractivity contribution in [3.8, 4) is 0 Å². The van der Waals surface area contributed by atoms with Crippen LogP contribution in [0, 0.1) is 0 Å². The summed E-state index contributed by atoms with van der Waals surface area (Å²) in [5, 5.41) is 21.1. The number of amides is 1. The summed E-state index contributed by atoms with van der Waals surface area (Å²) in [6, 6.07) is -0.438. The van der Waals surface area contributed by atoms with Gasteiger partial charge in [0.2, 0.25) is 0 Å². The van der Waals surface area contributed by atoms with Gasteiger partial charge in [-0.05, 0) is 70.1 Å². The monoisotopic (exact) mass is 549 g/mol. The third-order valence-corrected chi connectivity index (χ3v) is 7.52. The molecule has 5 nitrogen and oxygen atoms in total. The van der Waals surface area contributed by atoms with E-state index in [0.29, 0.717) is 19.8 Å². The first-order valence-electron chi connectivity index (χ1n) is 5.77. The SMILES string of the molecule is CCC(CO)NC(=O)c1c(Br)c(Br)c(Br)c(Br)c1C(=O)O. The van der Waals surface area contributed by atoms with Crippen molar-refractivity contribution in [3.05, 3.63) is 29.0 Å². The molecule has 1 unspecified atom stereocenters. The zero-order valence-corrected chi connectivity index (χ0v) is 17.1. The highest BCUT2D eigenvalue weighted by Crippen LogP contribution is 2.42. The number of carboxylic acid groups (broad SMARTS) is 1. The minimum absolute atomic E-state index is 0.0173. The van der Waals surface area contributed by atoms with Gasteiger partial charge in [-0.25, -0.2) is 4.79 Å². The Bertz CT molecular complexity index is 587. The van der Waals surface area contributed by atoms with Gasteiger partial charge in [0.05, 0.1) is 23.8 Å². The van der Waals surface area contributed by atoms with Crippen LogP contribution in [0.3, 0.4) is 0 Å². The topological polar surface area (TPSA) is 86.6 Å². The molecule has 0 fully saturated rings. The van der Waals surface area contributed by atoms with Crippen molar-refractivity contribution in [1.82, 2.24) is 5.32 Å². The van der Waals surface area contributed by atoms with Crippen molar-refractivity contribution in [2.75, 3.05) is 6.61 Å². The summed E-state index contributed by atoms with van der Waals surface area (Å²) in [6.07, 6.45) is 0.529. The zero-order chi connectivity index (χ0) is 16.3. The fraction of sp³-hybridized carbons (Fsp3) is 0.333. The predicted octanol–water partition coefficient (Wildman–Crippen LogP) is 3.94. The van der Waals surface area contributed by atoms with Crippen molar-refractivity contribution in [2.45, 2.75) is 19.4 Å². The van der Waals surface area contributed by atoms with Crippen LogP contribution in [0.2, 0.25) is 0 Å². The predicted molar refractivity (Wildman–Crippen MR) is 92.8 cm³/mol. The number of aromatic carboxylic acids is 1. The molecule has 0 saturated carbocycles. The average Bonchev–Trinajstić information content (AvgIpc) is 2.45. The van der Waals surface area contributed by atoms with Gasteiger partial charge < -0.3 is 15.5 Å². The lowest BCUT2D eigenvalue weighted by atomic mass is 10.1. The number of aliphatic hydroxyl groups excluding tert-OH is 1. The number of hydrogen-bond donors (Lipinski definition) is 3. The molecule has 3 N–H and O–H groups in total. The maximum absolute atomic E-state index is 12.4. The smallest absolute Gasteiger partial charge is 0.337 e. The van der Waals surface area contributed by atoms with Crippen LogP contribution in [0.4, 0.5) is 0 Å². The Balaban J connectivity index is 3.47. The van der Waals surface area contributed by atoms with Crippen LogP contribution in [0.5, 0.6) is 0 Å². The highest BCUT2D eigenvalue weighted by molar-refractivity contribution is 9.15. The summed E-state index contributed by atoms with van der Waals surface area (Å²) in [5.41, 5.74) is -0.182. The van der Waals surface area contributed by atoms with E-state index in [1.807, 2.05) is 6.92 Å². The van der Waals surface area contributed by atoms with E-state index in [-0.39, 0.29) is 22.2 Å². The summed E-state index contributed by atoms with van der Waals surface area (Å²) in [6.45, 7) is 1.59. The van der Waals surface area contributed by atoms with Gasteiger partial charge in [-0.1, -0.05) is 6.92 Å². The average molecular weight is 553 g/mol. The number of carboxylic acids is 1. The van der Waals surface area contributed by atoms with Crippen LogP contribution < -0.4 is 5.32 Å². The number of halogens is 4. The minimum atomic E-state index is -1.24.